The van der Waals surface area contributed by atoms with E-state index in [1.165, 1.54) is 0 Å². The smallest absolute Gasteiger partial charge is 0.321 e. The predicted molar refractivity (Wildman–Crippen MR) is 76.8 cm³/mol. The van der Waals surface area contributed by atoms with Crippen molar-refractivity contribution in [3.05, 3.63) is 28.2 Å². The third-order valence-corrected chi connectivity index (χ3v) is 3.94. The van der Waals surface area contributed by atoms with Crippen LogP contribution in [0, 0.1) is 5.92 Å². The van der Waals surface area contributed by atoms with Gasteiger partial charge in [-0.1, -0.05) is 30.1 Å². The molecule has 1 aromatic rings. The standard InChI is InChI=1S/C13H16Cl2N2O2/c1-8-4-5-17(7-12(8)18)13(19)16-11-6-9(14)2-3-10(11)15/h2-3,6,8,12,18H,4-5,7H2,1H3,(H,16,19). The second kappa shape index (κ2) is 5.99. The number of urea groups is 1. The number of piperidine rings is 1. The first-order valence-corrected chi connectivity index (χ1v) is 6.92. The summed E-state index contributed by atoms with van der Waals surface area (Å²) >= 11 is 11.9. The quantitative estimate of drug-likeness (QED) is 0.837. The molecule has 0 radical (unpaired) electrons. The third kappa shape index (κ3) is 3.53. The summed E-state index contributed by atoms with van der Waals surface area (Å²) in [6, 6.07) is 4.62. The summed E-state index contributed by atoms with van der Waals surface area (Å²) in [5, 5.41) is 13.4. The highest BCUT2D eigenvalue weighted by atomic mass is 35.5. The molecule has 0 aromatic heterocycles. The summed E-state index contributed by atoms with van der Waals surface area (Å²) in [5.41, 5.74) is 0.479. The molecule has 2 rings (SSSR count). The number of carbonyl (C=O) groups excluding carboxylic acids is 1. The van der Waals surface area contributed by atoms with E-state index < -0.39 is 6.10 Å². The van der Waals surface area contributed by atoms with Crippen LogP contribution in [0.15, 0.2) is 18.2 Å². The summed E-state index contributed by atoms with van der Waals surface area (Å²) in [6.45, 7) is 2.95. The first-order valence-electron chi connectivity index (χ1n) is 6.16. The molecule has 2 N–H and O–H groups in total. The molecule has 0 spiro atoms. The monoisotopic (exact) mass is 302 g/mol. The van der Waals surface area contributed by atoms with E-state index in [-0.39, 0.29) is 11.9 Å². The number of aliphatic hydroxyl groups is 1. The highest BCUT2D eigenvalue weighted by molar-refractivity contribution is 6.35. The van der Waals surface area contributed by atoms with Gasteiger partial charge in [-0.05, 0) is 30.5 Å². The van der Waals surface area contributed by atoms with Crippen LogP contribution in [-0.2, 0) is 0 Å². The number of amides is 2. The van der Waals surface area contributed by atoms with Gasteiger partial charge in [0, 0.05) is 18.1 Å². The first-order chi connectivity index (χ1) is 8.97. The Morgan fingerprint density at radius 2 is 2.21 bits per heavy atom. The lowest BCUT2D eigenvalue weighted by atomic mass is 9.96. The molecule has 1 heterocycles. The number of carbonyl (C=O) groups is 1. The van der Waals surface area contributed by atoms with E-state index in [4.69, 9.17) is 23.2 Å². The molecule has 2 atom stereocenters. The molecule has 6 heteroatoms. The molecule has 4 nitrogen and oxygen atoms in total. The Morgan fingerprint density at radius 3 is 2.89 bits per heavy atom. The van der Waals surface area contributed by atoms with E-state index in [9.17, 15) is 9.90 Å². The van der Waals surface area contributed by atoms with Crippen molar-refractivity contribution in [2.45, 2.75) is 19.4 Å². The fraction of sp³-hybridized carbons (Fsp3) is 0.462. The Balaban J connectivity index is 2.03. The largest absolute Gasteiger partial charge is 0.391 e. The van der Waals surface area contributed by atoms with Gasteiger partial charge in [-0.15, -0.1) is 0 Å². The average Bonchev–Trinajstić information content (AvgIpc) is 2.37. The highest BCUT2D eigenvalue weighted by Crippen LogP contribution is 2.26. The molecule has 2 amide bonds. The Kier molecular flexibility index (Phi) is 4.55. The minimum atomic E-state index is -0.477. The number of nitrogens with zero attached hydrogens (tertiary/aromatic N) is 1. The number of hydrogen-bond acceptors (Lipinski definition) is 2. The van der Waals surface area contributed by atoms with Crippen LogP contribution in [0.4, 0.5) is 10.5 Å². The van der Waals surface area contributed by atoms with Crippen molar-refractivity contribution >= 4 is 34.9 Å². The second-order valence-corrected chi connectivity index (χ2v) is 5.68. The van der Waals surface area contributed by atoms with Gasteiger partial charge in [-0.2, -0.15) is 0 Å². The molecule has 0 aliphatic carbocycles. The van der Waals surface area contributed by atoms with Gasteiger partial charge >= 0.3 is 6.03 Å². The molecule has 0 bridgehead atoms. The first kappa shape index (κ1) is 14.4. The van der Waals surface area contributed by atoms with Crippen molar-refractivity contribution in [2.24, 2.45) is 5.92 Å². The van der Waals surface area contributed by atoms with Gasteiger partial charge in [0.2, 0.25) is 0 Å². The van der Waals surface area contributed by atoms with Gasteiger partial charge in [-0.3, -0.25) is 0 Å². The van der Waals surface area contributed by atoms with E-state index in [2.05, 4.69) is 5.32 Å². The molecule has 104 valence electrons. The number of nitrogens with one attached hydrogen (secondary N) is 1. The molecule has 1 fully saturated rings. The van der Waals surface area contributed by atoms with Crippen LogP contribution < -0.4 is 5.32 Å². The van der Waals surface area contributed by atoms with Crippen LogP contribution in [0.25, 0.3) is 0 Å². The van der Waals surface area contributed by atoms with E-state index in [1.807, 2.05) is 6.92 Å². The Bertz CT molecular complexity index is 482. The zero-order valence-electron chi connectivity index (χ0n) is 10.6. The molecule has 2 unspecified atom stereocenters. The topological polar surface area (TPSA) is 52.6 Å². The van der Waals surface area contributed by atoms with Crippen LogP contribution in [0.1, 0.15) is 13.3 Å². The van der Waals surface area contributed by atoms with Crippen LogP contribution in [-0.4, -0.2) is 35.2 Å². The van der Waals surface area contributed by atoms with Crippen LogP contribution in [0.2, 0.25) is 10.0 Å². The van der Waals surface area contributed by atoms with Crippen molar-refractivity contribution in [1.82, 2.24) is 4.90 Å². The summed E-state index contributed by atoms with van der Waals surface area (Å²) in [7, 11) is 0. The minimum Gasteiger partial charge on any atom is -0.391 e. The number of benzene rings is 1. The van der Waals surface area contributed by atoms with Crippen molar-refractivity contribution in [3.63, 3.8) is 0 Å². The zero-order valence-corrected chi connectivity index (χ0v) is 12.1. The molecule has 0 saturated carbocycles. The highest BCUT2D eigenvalue weighted by Gasteiger charge is 2.27. The van der Waals surface area contributed by atoms with Gasteiger partial charge in [0.15, 0.2) is 0 Å². The fourth-order valence-corrected chi connectivity index (χ4v) is 2.36. The summed E-state index contributed by atoms with van der Waals surface area (Å²) in [5.74, 6) is 0.221. The second-order valence-electron chi connectivity index (χ2n) is 4.83. The van der Waals surface area contributed by atoms with Crippen LogP contribution >= 0.6 is 23.2 Å². The average molecular weight is 303 g/mol. The van der Waals surface area contributed by atoms with Gasteiger partial charge in [-0.25, -0.2) is 4.79 Å². The maximum absolute atomic E-state index is 12.1. The van der Waals surface area contributed by atoms with Crippen molar-refractivity contribution in [3.8, 4) is 0 Å². The Hall–Kier alpha value is -0.970. The van der Waals surface area contributed by atoms with E-state index in [1.54, 1.807) is 23.1 Å². The summed E-state index contributed by atoms with van der Waals surface area (Å²) in [4.78, 5) is 13.7. The predicted octanol–water partition coefficient (Wildman–Crippen LogP) is 3.23. The molecule has 1 aromatic carbocycles. The van der Waals surface area contributed by atoms with Crippen LogP contribution in [0.3, 0.4) is 0 Å². The lowest BCUT2D eigenvalue weighted by Gasteiger charge is -2.34. The molecule has 1 aliphatic rings. The van der Waals surface area contributed by atoms with Gasteiger partial charge in [0.25, 0.3) is 0 Å². The van der Waals surface area contributed by atoms with E-state index >= 15 is 0 Å². The molecule has 19 heavy (non-hydrogen) atoms. The number of anilines is 1. The van der Waals surface area contributed by atoms with E-state index in [0.717, 1.165) is 6.42 Å². The number of hydrogen-bond donors (Lipinski definition) is 2. The lowest BCUT2D eigenvalue weighted by molar-refractivity contribution is 0.0464. The number of rotatable bonds is 1. The minimum absolute atomic E-state index is 0.221. The molecular weight excluding hydrogens is 287 g/mol. The fourth-order valence-electron chi connectivity index (χ4n) is 2.02. The maximum Gasteiger partial charge on any atom is 0.321 e. The molecular formula is C13H16Cl2N2O2. The third-order valence-electron chi connectivity index (χ3n) is 3.38. The number of likely N-dealkylation sites (tertiary alicyclic amines) is 1. The van der Waals surface area contributed by atoms with Crippen molar-refractivity contribution < 1.29 is 9.90 Å². The maximum atomic E-state index is 12.1. The van der Waals surface area contributed by atoms with Crippen molar-refractivity contribution in [1.29, 1.82) is 0 Å². The molecule has 1 saturated heterocycles. The van der Waals surface area contributed by atoms with E-state index in [0.29, 0.717) is 28.8 Å². The lowest BCUT2D eigenvalue weighted by Crippen LogP contribution is -2.47. The van der Waals surface area contributed by atoms with Crippen molar-refractivity contribution in [2.75, 3.05) is 18.4 Å². The molecule has 1 aliphatic heterocycles. The van der Waals surface area contributed by atoms with Crippen LogP contribution in [0.5, 0.6) is 0 Å². The summed E-state index contributed by atoms with van der Waals surface area (Å²) < 4.78 is 0. The van der Waals surface area contributed by atoms with Gasteiger partial charge in [0.1, 0.15) is 0 Å². The Labute approximate surface area is 122 Å². The SMILES string of the molecule is CC1CCN(C(=O)Nc2cc(Cl)ccc2Cl)CC1O. The summed E-state index contributed by atoms with van der Waals surface area (Å²) in [6.07, 6.45) is 0.312. The number of β-amino-alcohol motifs (C(OH)–C–C–N with tert-alkyl or cyclic N) is 1. The zero-order chi connectivity index (χ0) is 14.0. The number of halogens is 2. The normalized spacial score (nSPS) is 23.3. The van der Waals surface area contributed by atoms with Gasteiger partial charge < -0.3 is 15.3 Å². The van der Waals surface area contributed by atoms with Gasteiger partial charge in [0.05, 0.1) is 16.8 Å². The Morgan fingerprint density at radius 1 is 1.47 bits per heavy atom. The number of aliphatic hydroxyl groups excluding tert-OH is 1.